The molecule has 1 aliphatic heterocycles. The summed E-state index contributed by atoms with van der Waals surface area (Å²) in [7, 11) is 3.83. The fourth-order valence-corrected chi connectivity index (χ4v) is 2.62. The molecule has 0 saturated carbocycles. The van der Waals surface area contributed by atoms with Crippen LogP contribution in [0, 0.1) is 5.82 Å². The first-order valence-electron chi connectivity index (χ1n) is 8.11. The van der Waals surface area contributed by atoms with Gasteiger partial charge in [-0.2, -0.15) is 0 Å². The highest BCUT2D eigenvalue weighted by Gasteiger charge is 2.22. The van der Waals surface area contributed by atoms with Crippen molar-refractivity contribution in [2.75, 3.05) is 55.4 Å². The van der Waals surface area contributed by atoms with Crippen LogP contribution >= 0.6 is 0 Å². The van der Waals surface area contributed by atoms with E-state index in [4.69, 9.17) is 0 Å². The number of para-hydroxylation sites is 1. The Labute approximate surface area is 146 Å². The lowest BCUT2D eigenvalue weighted by molar-refractivity contribution is 0.208. The molecule has 1 aromatic heterocycles. The quantitative estimate of drug-likeness (QED) is 0.923. The molecule has 1 aromatic carbocycles. The Bertz CT molecular complexity index is 728. The van der Waals surface area contributed by atoms with Gasteiger partial charge in [-0.3, -0.25) is 0 Å². The number of urea groups is 1. The first-order valence-corrected chi connectivity index (χ1v) is 8.11. The summed E-state index contributed by atoms with van der Waals surface area (Å²) in [6.07, 6.45) is 0. The van der Waals surface area contributed by atoms with Crippen LogP contribution in [0.25, 0.3) is 0 Å². The number of nitrogens with one attached hydrogen (secondary N) is 1. The number of benzene rings is 1. The van der Waals surface area contributed by atoms with Gasteiger partial charge in [0.15, 0.2) is 11.6 Å². The number of carbonyl (C=O) groups excluding carboxylic acids is 1. The summed E-state index contributed by atoms with van der Waals surface area (Å²) < 4.78 is 13.6. The van der Waals surface area contributed by atoms with Crippen LogP contribution in [0.15, 0.2) is 36.4 Å². The minimum atomic E-state index is -0.439. The van der Waals surface area contributed by atoms with Gasteiger partial charge >= 0.3 is 6.03 Å². The summed E-state index contributed by atoms with van der Waals surface area (Å²) >= 11 is 0. The number of hydrogen-bond donors (Lipinski definition) is 1. The maximum atomic E-state index is 13.6. The van der Waals surface area contributed by atoms with Crippen LogP contribution in [0.3, 0.4) is 0 Å². The van der Waals surface area contributed by atoms with Gasteiger partial charge in [0.2, 0.25) is 0 Å². The van der Waals surface area contributed by atoms with Crippen molar-refractivity contribution in [1.29, 1.82) is 0 Å². The molecule has 2 aromatic rings. The number of amides is 2. The zero-order valence-corrected chi connectivity index (χ0v) is 14.3. The predicted octanol–water partition coefficient (Wildman–Crippen LogP) is 2.04. The Morgan fingerprint density at radius 1 is 1.08 bits per heavy atom. The zero-order valence-electron chi connectivity index (χ0n) is 14.3. The SMILES string of the molecule is CN(C)c1ccc(N2CCN(C(=O)Nc3ccccc3F)CC2)nn1. The van der Waals surface area contributed by atoms with Crippen molar-refractivity contribution < 1.29 is 9.18 Å². The second kappa shape index (κ2) is 7.33. The number of nitrogens with zero attached hydrogens (tertiary/aromatic N) is 5. The molecule has 1 saturated heterocycles. The molecule has 3 rings (SSSR count). The molecule has 7 nitrogen and oxygen atoms in total. The van der Waals surface area contributed by atoms with E-state index < -0.39 is 5.82 Å². The molecule has 0 atom stereocenters. The Morgan fingerprint density at radius 3 is 2.40 bits per heavy atom. The van der Waals surface area contributed by atoms with E-state index in [2.05, 4.69) is 20.4 Å². The van der Waals surface area contributed by atoms with Crippen LogP contribution < -0.4 is 15.1 Å². The second-order valence-corrected chi connectivity index (χ2v) is 6.03. The van der Waals surface area contributed by atoms with Gasteiger partial charge in [-0.05, 0) is 24.3 Å². The zero-order chi connectivity index (χ0) is 17.8. The van der Waals surface area contributed by atoms with Gasteiger partial charge in [-0.1, -0.05) is 12.1 Å². The highest BCUT2D eigenvalue weighted by molar-refractivity contribution is 5.89. The molecule has 0 radical (unpaired) electrons. The molecule has 0 bridgehead atoms. The van der Waals surface area contributed by atoms with E-state index in [-0.39, 0.29) is 11.7 Å². The molecule has 0 spiro atoms. The lowest BCUT2D eigenvalue weighted by Crippen LogP contribution is -2.50. The molecule has 25 heavy (non-hydrogen) atoms. The summed E-state index contributed by atoms with van der Waals surface area (Å²) in [6.45, 7) is 2.39. The molecule has 1 N–H and O–H groups in total. The lowest BCUT2D eigenvalue weighted by Gasteiger charge is -2.35. The first kappa shape index (κ1) is 16.9. The number of piperazine rings is 1. The van der Waals surface area contributed by atoms with Crippen molar-refractivity contribution in [2.24, 2.45) is 0 Å². The molecule has 0 aliphatic carbocycles. The summed E-state index contributed by atoms with van der Waals surface area (Å²) in [5.74, 6) is 1.15. The van der Waals surface area contributed by atoms with Crippen LogP contribution in [-0.4, -0.2) is 61.4 Å². The molecule has 8 heteroatoms. The summed E-state index contributed by atoms with van der Waals surface area (Å²) in [5.41, 5.74) is 0.195. The van der Waals surface area contributed by atoms with E-state index in [0.717, 1.165) is 11.6 Å². The van der Waals surface area contributed by atoms with E-state index in [1.165, 1.54) is 6.07 Å². The van der Waals surface area contributed by atoms with Gasteiger partial charge in [0.05, 0.1) is 5.69 Å². The third-order valence-corrected chi connectivity index (χ3v) is 4.10. The average Bonchev–Trinajstić information content (AvgIpc) is 2.64. The molecule has 2 heterocycles. The molecule has 1 aliphatic rings. The third kappa shape index (κ3) is 3.96. The summed E-state index contributed by atoms with van der Waals surface area (Å²) in [5, 5.41) is 11.0. The van der Waals surface area contributed by atoms with Crippen LogP contribution in [-0.2, 0) is 0 Å². The Hall–Kier alpha value is -2.90. The Morgan fingerprint density at radius 2 is 1.80 bits per heavy atom. The minimum absolute atomic E-state index is 0.195. The van der Waals surface area contributed by atoms with Gasteiger partial charge in [0.1, 0.15) is 5.82 Å². The molecular formula is C17H21FN6O. The fourth-order valence-electron chi connectivity index (χ4n) is 2.62. The number of halogens is 1. The Balaban J connectivity index is 1.56. The second-order valence-electron chi connectivity index (χ2n) is 6.03. The maximum absolute atomic E-state index is 13.6. The number of carbonyl (C=O) groups is 1. The van der Waals surface area contributed by atoms with E-state index >= 15 is 0 Å². The van der Waals surface area contributed by atoms with E-state index in [0.29, 0.717) is 26.2 Å². The van der Waals surface area contributed by atoms with Crippen molar-refractivity contribution >= 4 is 23.4 Å². The largest absolute Gasteiger partial charge is 0.361 e. The lowest BCUT2D eigenvalue weighted by atomic mass is 10.3. The van der Waals surface area contributed by atoms with Crippen molar-refractivity contribution in [3.63, 3.8) is 0 Å². The van der Waals surface area contributed by atoms with E-state index in [1.807, 2.05) is 31.1 Å². The topological polar surface area (TPSA) is 64.6 Å². The highest BCUT2D eigenvalue weighted by atomic mass is 19.1. The maximum Gasteiger partial charge on any atom is 0.322 e. The van der Waals surface area contributed by atoms with Crippen LogP contribution in [0.5, 0.6) is 0 Å². The average molecular weight is 344 g/mol. The summed E-state index contributed by atoms with van der Waals surface area (Å²) in [6, 6.07) is 9.70. The van der Waals surface area contributed by atoms with Gasteiger partial charge in [-0.25, -0.2) is 9.18 Å². The summed E-state index contributed by atoms with van der Waals surface area (Å²) in [4.78, 5) is 17.9. The monoisotopic (exact) mass is 344 g/mol. The smallest absolute Gasteiger partial charge is 0.322 e. The van der Waals surface area contributed by atoms with E-state index in [9.17, 15) is 9.18 Å². The van der Waals surface area contributed by atoms with Crippen molar-refractivity contribution in [3.8, 4) is 0 Å². The van der Waals surface area contributed by atoms with Gasteiger partial charge in [0.25, 0.3) is 0 Å². The number of rotatable bonds is 3. The normalized spacial score (nSPS) is 14.4. The molecule has 2 amide bonds. The first-order chi connectivity index (χ1) is 12.0. The van der Waals surface area contributed by atoms with Gasteiger partial charge in [0, 0.05) is 40.3 Å². The Kier molecular flexibility index (Phi) is 4.97. The predicted molar refractivity (Wildman–Crippen MR) is 95.6 cm³/mol. The number of aromatic nitrogens is 2. The highest BCUT2D eigenvalue weighted by Crippen LogP contribution is 2.17. The number of hydrogen-bond acceptors (Lipinski definition) is 5. The molecule has 1 fully saturated rings. The van der Waals surface area contributed by atoms with Crippen LogP contribution in [0.2, 0.25) is 0 Å². The third-order valence-electron chi connectivity index (χ3n) is 4.10. The van der Waals surface area contributed by atoms with E-state index in [1.54, 1.807) is 23.1 Å². The molecular weight excluding hydrogens is 323 g/mol. The van der Waals surface area contributed by atoms with Crippen LogP contribution in [0.1, 0.15) is 0 Å². The van der Waals surface area contributed by atoms with Gasteiger partial charge in [-0.15, -0.1) is 10.2 Å². The molecule has 0 unspecified atom stereocenters. The fraction of sp³-hybridized carbons (Fsp3) is 0.353. The number of anilines is 3. The molecule has 132 valence electrons. The van der Waals surface area contributed by atoms with Crippen LogP contribution in [0.4, 0.5) is 26.5 Å². The standard InChI is InChI=1S/C17H21FN6O/c1-22(2)15-7-8-16(21-20-15)23-9-11-24(12-10-23)17(25)19-14-6-4-3-5-13(14)18/h3-8H,9-12H2,1-2H3,(H,19,25). The van der Waals surface area contributed by atoms with Crippen molar-refractivity contribution in [1.82, 2.24) is 15.1 Å². The minimum Gasteiger partial charge on any atom is -0.361 e. The van der Waals surface area contributed by atoms with Crippen molar-refractivity contribution in [3.05, 3.63) is 42.2 Å². The van der Waals surface area contributed by atoms with Crippen molar-refractivity contribution in [2.45, 2.75) is 0 Å². The van der Waals surface area contributed by atoms with Gasteiger partial charge < -0.3 is 20.0 Å².